The van der Waals surface area contributed by atoms with Crippen molar-refractivity contribution in [3.8, 4) is 0 Å². The Morgan fingerprint density at radius 3 is 2.00 bits per heavy atom. The highest BCUT2D eigenvalue weighted by molar-refractivity contribution is 5.75. The molecule has 0 aliphatic heterocycles. The predicted molar refractivity (Wildman–Crippen MR) is 87.9 cm³/mol. The molecule has 8 heteroatoms. The number of amides is 1. The molecule has 24 heavy (non-hydrogen) atoms. The molecule has 5 N–H and O–H groups in total. The van der Waals surface area contributed by atoms with Gasteiger partial charge in [-0.3, -0.25) is 9.59 Å². The number of carboxylic acid groups (broad SMARTS) is 1. The third-order valence-electron chi connectivity index (χ3n) is 3.89. The Morgan fingerprint density at radius 1 is 1.08 bits per heavy atom. The van der Waals surface area contributed by atoms with Crippen molar-refractivity contribution >= 4 is 18.0 Å². The number of hydrogen-bond acceptors (Lipinski definition) is 6. The maximum Gasteiger partial charge on any atom is 0.402 e. The molecule has 1 aliphatic carbocycles. The molecule has 0 saturated heterocycles. The van der Waals surface area contributed by atoms with E-state index in [0.717, 1.165) is 25.7 Å². The molecule has 0 unspecified atom stereocenters. The number of nitrogens with two attached hydrogens (primary N) is 2. The van der Waals surface area contributed by atoms with Crippen LogP contribution >= 0.6 is 0 Å². The van der Waals surface area contributed by atoms with Crippen molar-refractivity contribution in [3.05, 3.63) is 0 Å². The summed E-state index contributed by atoms with van der Waals surface area (Å²) in [5, 5.41) is 7.19. The largest absolute Gasteiger partial charge is 0.465 e. The monoisotopic (exact) mass is 346 g/mol. The van der Waals surface area contributed by atoms with Crippen LogP contribution in [-0.2, 0) is 19.1 Å². The lowest BCUT2D eigenvalue weighted by atomic mass is 9.72. The second-order valence-corrected chi connectivity index (χ2v) is 7.10. The maximum absolute atomic E-state index is 11.8. The van der Waals surface area contributed by atoms with Crippen LogP contribution in [0.25, 0.3) is 0 Å². The predicted octanol–water partition coefficient (Wildman–Crippen LogP) is 2.00. The van der Waals surface area contributed by atoms with E-state index in [1.807, 2.05) is 0 Å². The Balaban J connectivity index is 0.00000118. The van der Waals surface area contributed by atoms with Crippen LogP contribution in [0.1, 0.15) is 59.3 Å². The average Bonchev–Trinajstić information content (AvgIpc) is 2.46. The van der Waals surface area contributed by atoms with Crippen LogP contribution in [0, 0.1) is 10.8 Å². The molecule has 1 aliphatic rings. The summed E-state index contributed by atoms with van der Waals surface area (Å²) in [6.45, 7) is 5.45. The van der Waals surface area contributed by atoms with E-state index in [9.17, 15) is 9.59 Å². The lowest BCUT2D eigenvalue weighted by Gasteiger charge is -2.35. The standard InChI is InChI=1S/C15H27NO4.CH3NO2/c1-14(2,3)13(18)20-11-19-12(17)9-15(10-16)7-5-4-6-8-15;2-1(3)4/h4-11,16H2,1-3H3;2H2,(H,3,4). The zero-order chi connectivity index (χ0) is 18.8. The molecule has 8 nitrogen and oxygen atoms in total. The highest BCUT2D eigenvalue weighted by atomic mass is 16.7. The van der Waals surface area contributed by atoms with Crippen LogP contribution < -0.4 is 11.5 Å². The minimum atomic E-state index is -1.33. The summed E-state index contributed by atoms with van der Waals surface area (Å²) >= 11 is 0. The number of rotatable bonds is 5. The van der Waals surface area contributed by atoms with Crippen molar-refractivity contribution < 1.29 is 29.0 Å². The van der Waals surface area contributed by atoms with Crippen molar-refractivity contribution in [1.82, 2.24) is 0 Å². The second kappa shape index (κ2) is 10.1. The zero-order valence-corrected chi connectivity index (χ0v) is 14.8. The first-order chi connectivity index (χ1) is 11.0. The van der Waals surface area contributed by atoms with E-state index < -0.39 is 11.5 Å². The first kappa shape index (κ1) is 22.2. The van der Waals surface area contributed by atoms with Crippen LogP contribution in [-0.4, -0.2) is 36.5 Å². The fraction of sp³-hybridized carbons (Fsp3) is 0.812. The lowest BCUT2D eigenvalue weighted by molar-refractivity contribution is -0.174. The first-order valence-electron chi connectivity index (χ1n) is 8.04. The number of ether oxygens (including phenoxy) is 2. The number of esters is 2. The number of hydrogen-bond donors (Lipinski definition) is 3. The Kier molecular flexibility index (Phi) is 9.35. The molecule has 1 fully saturated rings. The molecule has 0 aromatic rings. The fourth-order valence-corrected chi connectivity index (χ4v) is 2.48. The van der Waals surface area contributed by atoms with Crippen LogP contribution in [0.3, 0.4) is 0 Å². The van der Waals surface area contributed by atoms with Gasteiger partial charge in [-0.2, -0.15) is 0 Å². The fourth-order valence-electron chi connectivity index (χ4n) is 2.48. The molecule has 0 aromatic carbocycles. The van der Waals surface area contributed by atoms with Gasteiger partial charge in [-0.1, -0.05) is 19.3 Å². The minimum Gasteiger partial charge on any atom is -0.465 e. The summed E-state index contributed by atoms with van der Waals surface area (Å²) in [5.74, 6) is -0.712. The van der Waals surface area contributed by atoms with Crippen molar-refractivity contribution in [3.63, 3.8) is 0 Å². The summed E-state index contributed by atoms with van der Waals surface area (Å²) < 4.78 is 9.92. The summed E-state index contributed by atoms with van der Waals surface area (Å²) in [7, 11) is 0. The van der Waals surface area contributed by atoms with Gasteiger partial charge in [-0.05, 0) is 45.6 Å². The van der Waals surface area contributed by atoms with Crippen LogP contribution in [0.4, 0.5) is 4.79 Å². The van der Waals surface area contributed by atoms with Crippen LogP contribution in [0.15, 0.2) is 0 Å². The Labute approximate surface area is 142 Å². The van der Waals surface area contributed by atoms with E-state index in [1.165, 1.54) is 6.42 Å². The number of carbonyl (C=O) groups excluding carboxylic acids is 2. The molecular formula is C16H30N2O6. The second-order valence-electron chi connectivity index (χ2n) is 7.10. The van der Waals surface area contributed by atoms with E-state index in [2.05, 4.69) is 5.73 Å². The molecule has 0 radical (unpaired) electrons. The highest BCUT2D eigenvalue weighted by Gasteiger charge is 2.33. The Hall–Kier alpha value is -1.83. The van der Waals surface area contributed by atoms with Gasteiger partial charge in [0.05, 0.1) is 11.8 Å². The quantitative estimate of drug-likeness (QED) is 0.510. The highest BCUT2D eigenvalue weighted by Crippen LogP contribution is 2.38. The van der Waals surface area contributed by atoms with Gasteiger partial charge < -0.3 is 26.0 Å². The smallest absolute Gasteiger partial charge is 0.402 e. The molecule has 140 valence electrons. The summed E-state index contributed by atoms with van der Waals surface area (Å²) in [4.78, 5) is 32.1. The van der Waals surface area contributed by atoms with Crippen molar-refractivity contribution in [2.24, 2.45) is 22.3 Å². The van der Waals surface area contributed by atoms with E-state index in [4.69, 9.17) is 25.1 Å². The summed E-state index contributed by atoms with van der Waals surface area (Å²) in [5.41, 5.74) is 9.14. The molecule has 0 heterocycles. The zero-order valence-electron chi connectivity index (χ0n) is 14.8. The summed E-state index contributed by atoms with van der Waals surface area (Å²) in [6, 6.07) is 0. The van der Waals surface area contributed by atoms with E-state index in [-0.39, 0.29) is 24.1 Å². The van der Waals surface area contributed by atoms with Gasteiger partial charge in [0.2, 0.25) is 6.79 Å². The number of primary amides is 1. The number of carbonyl (C=O) groups is 3. The van der Waals surface area contributed by atoms with Gasteiger partial charge in [0.25, 0.3) is 0 Å². The van der Waals surface area contributed by atoms with Gasteiger partial charge in [0.1, 0.15) is 0 Å². The molecule has 1 saturated carbocycles. The molecule has 1 rings (SSSR count). The van der Waals surface area contributed by atoms with Crippen molar-refractivity contribution in [1.29, 1.82) is 0 Å². The molecule has 0 atom stereocenters. The van der Waals surface area contributed by atoms with Crippen molar-refractivity contribution in [2.45, 2.75) is 59.3 Å². The van der Waals surface area contributed by atoms with Gasteiger partial charge in [0.15, 0.2) is 0 Å². The van der Waals surface area contributed by atoms with E-state index in [0.29, 0.717) is 13.0 Å². The van der Waals surface area contributed by atoms with Gasteiger partial charge in [-0.15, -0.1) is 0 Å². The molecular weight excluding hydrogens is 316 g/mol. The third kappa shape index (κ3) is 9.34. The van der Waals surface area contributed by atoms with Gasteiger partial charge in [0, 0.05) is 0 Å². The third-order valence-corrected chi connectivity index (χ3v) is 3.89. The lowest BCUT2D eigenvalue weighted by Crippen LogP contribution is -2.35. The SMILES string of the molecule is CC(C)(C)C(=O)OCOC(=O)CC1(CN)CCCCC1.NC(=O)O. The Bertz CT molecular complexity index is 421. The van der Waals surface area contributed by atoms with Crippen LogP contribution in [0.5, 0.6) is 0 Å². The Morgan fingerprint density at radius 2 is 1.58 bits per heavy atom. The topological polar surface area (TPSA) is 142 Å². The normalized spacial score (nSPS) is 16.3. The molecule has 0 spiro atoms. The van der Waals surface area contributed by atoms with E-state index >= 15 is 0 Å². The van der Waals surface area contributed by atoms with Gasteiger partial charge >= 0.3 is 18.0 Å². The maximum atomic E-state index is 11.8. The average molecular weight is 346 g/mol. The molecule has 0 bridgehead atoms. The van der Waals surface area contributed by atoms with E-state index in [1.54, 1.807) is 20.8 Å². The minimum absolute atomic E-state index is 0.122. The van der Waals surface area contributed by atoms with Crippen LogP contribution in [0.2, 0.25) is 0 Å². The first-order valence-corrected chi connectivity index (χ1v) is 8.04. The van der Waals surface area contributed by atoms with Crippen molar-refractivity contribution in [2.75, 3.05) is 13.3 Å². The summed E-state index contributed by atoms with van der Waals surface area (Å²) in [6.07, 6.45) is 4.37. The molecule has 1 amide bonds. The van der Waals surface area contributed by atoms with Gasteiger partial charge in [-0.25, -0.2) is 4.79 Å². The molecule has 0 aromatic heterocycles.